The zero-order valence-corrected chi connectivity index (χ0v) is 12.6. The molecule has 0 aromatic heterocycles. The van der Waals surface area contributed by atoms with Gasteiger partial charge in [-0.25, -0.2) is 8.42 Å². The summed E-state index contributed by atoms with van der Waals surface area (Å²) in [7, 11) is -0.762. The van der Waals surface area contributed by atoms with E-state index in [-0.39, 0.29) is 12.5 Å². The van der Waals surface area contributed by atoms with Crippen LogP contribution in [0.5, 0.6) is 11.5 Å². The Hall–Kier alpha value is -1.80. The zero-order valence-electron chi connectivity index (χ0n) is 11.8. The maximum Gasteiger partial charge on any atom is 0.320 e. The molecule has 21 heavy (non-hydrogen) atoms. The van der Waals surface area contributed by atoms with Crippen molar-refractivity contribution < 1.29 is 27.4 Å². The number of sulfone groups is 1. The molecular weight excluding hydrogens is 298 g/mol. The van der Waals surface area contributed by atoms with Crippen molar-refractivity contribution in [1.29, 1.82) is 0 Å². The molecule has 0 spiro atoms. The van der Waals surface area contributed by atoms with Crippen LogP contribution in [0.2, 0.25) is 0 Å². The summed E-state index contributed by atoms with van der Waals surface area (Å²) in [5.74, 6) is -0.399. The molecule has 1 aromatic rings. The molecular formula is C13H17NO6S. The van der Waals surface area contributed by atoms with E-state index in [1.807, 2.05) is 0 Å². The van der Waals surface area contributed by atoms with Gasteiger partial charge in [0.2, 0.25) is 6.79 Å². The Morgan fingerprint density at radius 3 is 2.76 bits per heavy atom. The van der Waals surface area contributed by atoms with Crippen molar-refractivity contribution in [2.75, 3.05) is 32.5 Å². The Balaban J connectivity index is 2.15. The van der Waals surface area contributed by atoms with Crippen LogP contribution in [0.3, 0.4) is 0 Å². The maximum atomic E-state index is 12.0. The highest BCUT2D eigenvalue weighted by Gasteiger charge is 2.24. The molecule has 1 aliphatic rings. The number of methoxy groups -OCH3 is 1. The van der Waals surface area contributed by atoms with Crippen LogP contribution in [0.25, 0.3) is 0 Å². The number of carbonyl (C=O) groups excluding carboxylic acids is 1. The van der Waals surface area contributed by atoms with Crippen molar-refractivity contribution in [2.24, 2.45) is 0 Å². The summed E-state index contributed by atoms with van der Waals surface area (Å²) in [5, 5.41) is 2.93. The van der Waals surface area contributed by atoms with Crippen LogP contribution < -0.4 is 14.8 Å². The van der Waals surface area contributed by atoms with Gasteiger partial charge in [0.15, 0.2) is 21.3 Å². The predicted octanol–water partition coefficient (Wildman–Crippen LogP) is 0.264. The fourth-order valence-corrected chi connectivity index (χ4v) is 3.49. The summed E-state index contributed by atoms with van der Waals surface area (Å²) >= 11 is 0. The summed E-state index contributed by atoms with van der Waals surface area (Å²) in [5.41, 5.74) is 0.746. The molecule has 0 aliphatic carbocycles. The van der Waals surface area contributed by atoms with E-state index in [2.05, 4.69) is 10.1 Å². The largest absolute Gasteiger partial charge is 0.468 e. The van der Waals surface area contributed by atoms with Crippen molar-refractivity contribution in [1.82, 2.24) is 5.32 Å². The minimum absolute atomic E-state index is 0.156. The first-order valence-corrected chi connectivity index (χ1v) is 8.11. The summed E-state index contributed by atoms with van der Waals surface area (Å²) in [6.45, 7) is 0.156. The molecule has 8 heteroatoms. The van der Waals surface area contributed by atoms with Crippen molar-refractivity contribution in [2.45, 2.75) is 6.04 Å². The van der Waals surface area contributed by atoms with Crippen LogP contribution >= 0.6 is 0 Å². The molecule has 116 valence electrons. The second-order valence-corrected chi connectivity index (χ2v) is 6.69. The molecule has 1 aromatic carbocycles. The summed E-state index contributed by atoms with van der Waals surface area (Å²) in [6, 6.07) is 4.78. The van der Waals surface area contributed by atoms with Gasteiger partial charge in [0.05, 0.1) is 12.9 Å². The highest BCUT2D eigenvalue weighted by molar-refractivity contribution is 7.92. The average molecular weight is 315 g/mol. The first kappa shape index (κ1) is 15.6. The number of carbonyl (C=O) groups is 1. The summed E-state index contributed by atoms with van der Waals surface area (Å²) in [4.78, 5) is 11.1. The highest BCUT2D eigenvalue weighted by atomic mass is 32.2. The first-order chi connectivity index (χ1) is 9.95. The van der Waals surface area contributed by atoms with E-state index in [1.165, 1.54) is 0 Å². The minimum atomic E-state index is -3.58. The van der Waals surface area contributed by atoms with Gasteiger partial charge < -0.3 is 19.5 Å². The molecule has 0 radical (unpaired) electrons. The number of ether oxygens (including phenoxy) is 3. The van der Waals surface area contributed by atoms with Gasteiger partial charge in [-0.1, -0.05) is 6.07 Å². The number of hydrogen-bond donors (Lipinski definition) is 1. The molecule has 1 N–H and O–H groups in total. The predicted molar refractivity (Wildman–Crippen MR) is 75.0 cm³/mol. The van der Waals surface area contributed by atoms with E-state index in [9.17, 15) is 13.2 Å². The molecule has 0 fully saturated rings. The summed E-state index contributed by atoms with van der Waals surface area (Å²) in [6.07, 6.45) is 0. The maximum absolute atomic E-state index is 12.0. The Kier molecular flexibility index (Phi) is 4.69. The molecule has 1 heterocycles. The molecule has 2 rings (SSSR count). The highest BCUT2D eigenvalue weighted by Crippen LogP contribution is 2.34. The van der Waals surface area contributed by atoms with Crippen molar-refractivity contribution >= 4 is 15.8 Å². The second kappa shape index (κ2) is 6.31. The van der Waals surface area contributed by atoms with E-state index < -0.39 is 27.6 Å². The van der Waals surface area contributed by atoms with Crippen molar-refractivity contribution in [3.8, 4) is 11.5 Å². The van der Waals surface area contributed by atoms with E-state index in [4.69, 9.17) is 9.47 Å². The lowest BCUT2D eigenvalue weighted by atomic mass is 10.1. The van der Waals surface area contributed by atoms with Gasteiger partial charge in [0.25, 0.3) is 0 Å². The Morgan fingerprint density at radius 2 is 2.10 bits per heavy atom. The quantitative estimate of drug-likeness (QED) is 0.753. The van der Waals surface area contributed by atoms with Gasteiger partial charge in [-0.2, -0.15) is 0 Å². The van der Waals surface area contributed by atoms with E-state index >= 15 is 0 Å². The number of rotatable bonds is 6. The third kappa shape index (κ3) is 3.85. The normalized spacial score (nSPS) is 14.8. The van der Waals surface area contributed by atoms with Gasteiger partial charge in [-0.3, -0.25) is 4.79 Å². The summed E-state index contributed by atoms with van der Waals surface area (Å²) < 4.78 is 38.8. The number of nitrogens with one attached hydrogen (secondary N) is 1. The van der Waals surface area contributed by atoms with Gasteiger partial charge >= 0.3 is 5.97 Å². The molecule has 7 nitrogen and oxygen atoms in total. The first-order valence-electron chi connectivity index (χ1n) is 6.29. The van der Waals surface area contributed by atoms with Gasteiger partial charge in [0.1, 0.15) is 5.75 Å². The Labute approximate surface area is 123 Å². The van der Waals surface area contributed by atoms with Gasteiger partial charge in [-0.15, -0.1) is 0 Å². The van der Waals surface area contributed by atoms with Crippen LogP contribution in [0.1, 0.15) is 11.6 Å². The molecule has 0 saturated carbocycles. The monoisotopic (exact) mass is 315 g/mol. The van der Waals surface area contributed by atoms with Gasteiger partial charge in [0, 0.05) is 6.04 Å². The van der Waals surface area contributed by atoms with Crippen LogP contribution in [-0.2, 0) is 19.4 Å². The number of benzene rings is 1. The van der Waals surface area contributed by atoms with E-state index in [0.717, 1.165) is 12.7 Å². The number of hydrogen-bond acceptors (Lipinski definition) is 7. The second-order valence-electron chi connectivity index (χ2n) is 4.58. The molecule has 1 unspecified atom stereocenters. The van der Waals surface area contributed by atoms with Crippen LogP contribution in [-0.4, -0.2) is 46.8 Å². The lowest BCUT2D eigenvalue weighted by Crippen LogP contribution is -2.29. The SMILES string of the molecule is CNC(CS(=O)(=O)CC(=O)OC)c1ccc2c(c1)OCO2. The Bertz CT molecular complexity index is 628. The molecule has 0 amide bonds. The fourth-order valence-electron chi connectivity index (χ4n) is 2.03. The lowest BCUT2D eigenvalue weighted by molar-refractivity contribution is -0.137. The van der Waals surface area contributed by atoms with Crippen molar-refractivity contribution in [3.63, 3.8) is 0 Å². The topological polar surface area (TPSA) is 90.9 Å². The van der Waals surface area contributed by atoms with E-state index in [1.54, 1.807) is 25.2 Å². The average Bonchev–Trinajstić information content (AvgIpc) is 2.91. The van der Waals surface area contributed by atoms with Crippen molar-refractivity contribution in [3.05, 3.63) is 23.8 Å². The standard InChI is InChI=1S/C13H17NO6S/c1-14-10(6-21(16,17)7-13(15)18-2)9-3-4-11-12(5-9)20-8-19-11/h3-5,10,14H,6-8H2,1-2H3. The van der Waals surface area contributed by atoms with Crippen LogP contribution in [0, 0.1) is 0 Å². The molecule has 1 atom stereocenters. The zero-order chi connectivity index (χ0) is 15.5. The number of fused-ring (bicyclic) bond motifs is 1. The molecule has 0 saturated heterocycles. The Morgan fingerprint density at radius 1 is 1.38 bits per heavy atom. The van der Waals surface area contributed by atoms with Crippen LogP contribution in [0.4, 0.5) is 0 Å². The molecule has 1 aliphatic heterocycles. The molecule has 0 bridgehead atoms. The third-order valence-electron chi connectivity index (χ3n) is 3.13. The lowest BCUT2D eigenvalue weighted by Gasteiger charge is -2.17. The third-order valence-corrected chi connectivity index (χ3v) is 4.65. The minimum Gasteiger partial charge on any atom is -0.468 e. The van der Waals surface area contributed by atoms with Gasteiger partial charge in [-0.05, 0) is 24.7 Å². The van der Waals surface area contributed by atoms with Crippen LogP contribution in [0.15, 0.2) is 18.2 Å². The van der Waals surface area contributed by atoms with E-state index in [0.29, 0.717) is 11.5 Å². The smallest absolute Gasteiger partial charge is 0.320 e. The fraction of sp³-hybridized carbons (Fsp3) is 0.462. The number of esters is 1.